The van der Waals surface area contributed by atoms with Gasteiger partial charge in [-0.2, -0.15) is 0 Å². The average molecular weight is 381 g/mol. The lowest BCUT2D eigenvalue weighted by molar-refractivity contribution is 0.255. The van der Waals surface area contributed by atoms with E-state index in [0.717, 1.165) is 0 Å². The highest BCUT2D eigenvalue weighted by atomic mass is 35.5. The van der Waals surface area contributed by atoms with Gasteiger partial charge in [-0.05, 0) is 42.5 Å². The lowest BCUT2D eigenvalue weighted by Crippen LogP contribution is -2.37. The molecular weight excluding hydrogens is 367 g/mol. The predicted molar refractivity (Wildman–Crippen MR) is 94.4 cm³/mol. The second-order valence-electron chi connectivity index (χ2n) is 6.19. The molecule has 0 aliphatic carbocycles. The van der Waals surface area contributed by atoms with Gasteiger partial charge in [0, 0.05) is 16.4 Å². The Hall–Kier alpha value is -2.12. The lowest BCUT2D eigenvalue weighted by atomic mass is 10.1. The molecule has 0 N–H and O–H groups in total. The van der Waals surface area contributed by atoms with E-state index < -0.39 is 27.7 Å². The zero-order valence-corrected chi connectivity index (χ0v) is 14.5. The van der Waals surface area contributed by atoms with E-state index in [2.05, 4.69) is 0 Å². The minimum atomic E-state index is -3.27. The lowest BCUT2D eigenvalue weighted by Gasteiger charge is -2.22. The quantitative estimate of drug-likeness (QED) is 0.752. The first-order valence-electron chi connectivity index (χ1n) is 7.70. The van der Waals surface area contributed by atoms with Crippen LogP contribution in [-0.4, -0.2) is 38.0 Å². The minimum absolute atomic E-state index is 0.104. The van der Waals surface area contributed by atoms with E-state index >= 15 is 0 Å². The van der Waals surface area contributed by atoms with Crippen LogP contribution in [0.4, 0.5) is 20.6 Å². The third-order valence-electron chi connectivity index (χ3n) is 4.56. The molecule has 2 heterocycles. The molecule has 4 rings (SSSR count). The summed E-state index contributed by atoms with van der Waals surface area (Å²) in [6, 6.07) is 10.9. The Bertz CT molecular complexity index is 949. The Balaban J connectivity index is 1.81. The highest BCUT2D eigenvalue weighted by Gasteiger charge is 2.54. The van der Waals surface area contributed by atoms with E-state index in [9.17, 15) is 17.6 Å². The number of urea groups is 1. The number of hydrogen-bond donors (Lipinski definition) is 0. The van der Waals surface area contributed by atoms with Crippen molar-refractivity contribution in [3.05, 3.63) is 59.4 Å². The molecule has 0 bridgehead atoms. The van der Waals surface area contributed by atoms with Crippen LogP contribution >= 0.6 is 11.6 Å². The normalized spacial score (nSPS) is 24.6. The Labute approximate surface area is 149 Å². The number of sulfone groups is 1. The molecule has 0 aromatic heterocycles. The third kappa shape index (κ3) is 2.77. The first-order valence-corrected chi connectivity index (χ1v) is 9.90. The molecule has 2 aliphatic rings. The number of hydrogen-bond acceptors (Lipinski definition) is 3. The van der Waals surface area contributed by atoms with Gasteiger partial charge >= 0.3 is 6.03 Å². The van der Waals surface area contributed by atoms with Gasteiger partial charge < -0.3 is 0 Å². The van der Waals surface area contributed by atoms with E-state index in [1.807, 2.05) is 0 Å². The number of benzene rings is 2. The zero-order chi connectivity index (χ0) is 17.8. The maximum absolute atomic E-state index is 13.2. The summed E-state index contributed by atoms with van der Waals surface area (Å²) in [5, 5.41) is 0.461. The number of carbonyl (C=O) groups is 1. The van der Waals surface area contributed by atoms with Gasteiger partial charge in [0.2, 0.25) is 0 Å². The molecule has 5 nitrogen and oxygen atoms in total. The van der Waals surface area contributed by atoms with Crippen molar-refractivity contribution in [1.82, 2.24) is 0 Å². The summed E-state index contributed by atoms with van der Waals surface area (Å²) in [6.45, 7) is 0. The Morgan fingerprint density at radius 1 is 0.960 bits per heavy atom. The highest BCUT2D eigenvalue weighted by Crippen LogP contribution is 2.38. The van der Waals surface area contributed by atoms with Gasteiger partial charge in [0.05, 0.1) is 23.6 Å². The van der Waals surface area contributed by atoms with Gasteiger partial charge in [-0.3, -0.25) is 9.80 Å². The van der Waals surface area contributed by atoms with Gasteiger partial charge in [0.15, 0.2) is 9.84 Å². The van der Waals surface area contributed by atoms with Gasteiger partial charge in [-0.25, -0.2) is 17.6 Å². The van der Waals surface area contributed by atoms with Crippen LogP contribution in [0.1, 0.15) is 0 Å². The van der Waals surface area contributed by atoms with Crippen molar-refractivity contribution in [3.8, 4) is 0 Å². The summed E-state index contributed by atoms with van der Waals surface area (Å²) < 4.78 is 37.6. The Morgan fingerprint density at radius 3 is 2.16 bits per heavy atom. The number of anilines is 2. The van der Waals surface area contributed by atoms with Crippen LogP contribution < -0.4 is 9.80 Å². The second-order valence-corrected chi connectivity index (χ2v) is 8.78. The molecule has 2 aromatic rings. The second kappa shape index (κ2) is 5.71. The fourth-order valence-corrected chi connectivity index (χ4v) is 5.64. The van der Waals surface area contributed by atoms with Gasteiger partial charge in [0.25, 0.3) is 0 Å². The largest absolute Gasteiger partial charge is 0.329 e. The van der Waals surface area contributed by atoms with Gasteiger partial charge in [-0.1, -0.05) is 17.7 Å². The molecule has 2 amide bonds. The summed E-state index contributed by atoms with van der Waals surface area (Å²) in [4.78, 5) is 16.0. The van der Waals surface area contributed by atoms with Crippen LogP contribution in [-0.2, 0) is 9.84 Å². The van der Waals surface area contributed by atoms with E-state index in [4.69, 9.17) is 11.6 Å². The van der Waals surface area contributed by atoms with E-state index in [-0.39, 0.29) is 17.5 Å². The summed E-state index contributed by atoms with van der Waals surface area (Å²) in [7, 11) is -3.27. The van der Waals surface area contributed by atoms with Crippen LogP contribution in [0.3, 0.4) is 0 Å². The molecule has 2 saturated heterocycles. The molecule has 0 spiro atoms. The summed E-state index contributed by atoms with van der Waals surface area (Å²) >= 11 is 6.03. The number of rotatable bonds is 2. The Kier molecular flexibility index (Phi) is 3.73. The standard InChI is InChI=1S/C17H14ClFN2O3S/c18-11-2-1-3-14(8-11)21-16-10-25(23,24)9-15(16)20(17(21)22)13-6-4-12(19)5-7-13/h1-8,15-16H,9-10H2. The van der Waals surface area contributed by atoms with Gasteiger partial charge in [-0.15, -0.1) is 0 Å². The van der Waals surface area contributed by atoms with Crippen LogP contribution in [0, 0.1) is 5.82 Å². The monoisotopic (exact) mass is 380 g/mol. The smallest absolute Gasteiger partial charge is 0.288 e. The first kappa shape index (κ1) is 16.4. The fraction of sp³-hybridized carbons (Fsp3) is 0.235. The maximum atomic E-state index is 13.2. The van der Waals surface area contributed by atoms with Crippen LogP contribution in [0.2, 0.25) is 5.02 Å². The summed E-state index contributed by atoms with van der Waals surface area (Å²) in [5.41, 5.74) is 1.03. The number of amides is 2. The van der Waals surface area contributed by atoms with E-state index in [1.54, 1.807) is 24.3 Å². The van der Waals surface area contributed by atoms with Crippen molar-refractivity contribution in [2.24, 2.45) is 0 Å². The molecule has 25 heavy (non-hydrogen) atoms. The molecule has 0 saturated carbocycles. The topological polar surface area (TPSA) is 57.7 Å². The van der Waals surface area contributed by atoms with E-state index in [0.29, 0.717) is 16.4 Å². The first-order chi connectivity index (χ1) is 11.9. The molecule has 2 aromatic carbocycles. The predicted octanol–water partition coefficient (Wildman–Crippen LogP) is 3.09. The molecule has 2 unspecified atom stereocenters. The molecule has 130 valence electrons. The van der Waals surface area contributed by atoms with Gasteiger partial charge in [0.1, 0.15) is 5.82 Å². The fourth-order valence-electron chi connectivity index (χ4n) is 3.54. The third-order valence-corrected chi connectivity index (χ3v) is 6.49. The molecule has 8 heteroatoms. The number of nitrogens with zero attached hydrogens (tertiary/aromatic N) is 2. The van der Waals surface area contributed by atoms with Crippen molar-refractivity contribution >= 4 is 38.8 Å². The molecular formula is C17H14ClFN2O3S. The van der Waals surface area contributed by atoms with Crippen molar-refractivity contribution in [2.75, 3.05) is 21.3 Å². The maximum Gasteiger partial charge on any atom is 0.329 e. The zero-order valence-electron chi connectivity index (χ0n) is 13.0. The average Bonchev–Trinajstić information content (AvgIpc) is 2.97. The summed E-state index contributed by atoms with van der Waals surface area (Å²) in [6.07, 6.45) is 0. The molecule has 2 aliphatic heterocycles. The SMILES string of the molecule is O=C1N(c2ccc(F)cc2)C2CS(=O)(=O)CC2N1c1cccc(Cl)c1. The minimum Gasteiger partial charge on any atom is -0.288 e. The van der Waals surface area contributed by atoms with Crippen molar-refractivity contribution in [3.63, 3.8) is 0 Å². The van der Waals surface area contributed by atoms with E-state index in [1.165, 1.54) is 34.1 Å². The van der Waals surface area contributed by atoms with Crippen LogP contribution in [0.25, 0.3) is 0 Å². The highest BCUT2D eigenvalue weighted by molar-refractivity contribution is 7.91. The number of halogens is 2. The van der Waals surface area contributed by atoms with Crippen molar-refractivity contribution < 1.29 is 17.6 Å². The Morgan fingerprint density at radius 2 is 1.56 bits per heavy atom. The number of carbonyl (C=O) groups excluding carboxylic acids is 1. The molecule has 2 atom stereocenters. The molecule has 2 fully saturated rings. The van der Waals surface area contributed by atoms with Crippen molar-refractivity contribution in [2.45, 2.75) is 12.1 Å². The molecule has 0 radical (unpaired) electrons. The van der Waals surface area contributed by atoms with Crippen LogP contribution in [0.15, 0.2) is 48.5 Å². The summed E-state index contributed by atoms with van der Waals surface area (Å²) in [5.74, 6) is -0.636. The van der Waals surface area contributed by atoms with Crippen molar-refractivity contribution in [1.29, 1.82) is 0 Å². The number of fused-ring (bicyclic) bond motifs is 1. The van der Waals surface area contributed by atoms with Crippen LogP contribution in [0.5, 0.6) is 0 Å².